The fourth-order valence-corrected chi connectivity index (χ4v) is 3.02. The molecule has 52 valence electrons. The Hall–Kier alpha value is 0.310. The SMILES string of the molecule is OC12CCCC(S)(C1)C2. The van der Waals surface area contributed by atoms with E-state index >= 15 is 0 Å². The maximum atomic E-state index is 9.56. The summed E-state index contributed by atoms with van der Waals surface area (Å²) in [7, 11) is 0. The zero-order valence-electron chi connectivity index (χ0n) is 5.43. The highest BCUT2D eigenvalue weighted by Gasteiger charge is 2.54. The maximum absolute atomic E-state index is 9.56. The van der Waals surface area contributed by atoms with Crippen LogP contribution in [0.5, 0.6) is 0 Å². The number of thiol groups is 1. The van der Waals surface area contributed by atoms with Crippen molar-refractivity contribution in [2.45, 2.75) is 42.5 Å². The quantitative estimate of drug-likeness (QED) is 0.492. The largest absolute Gasteiger partial charge is 0.390 e. The number of hydrogen-bond acceptors (Lipinski definition) is 2. The van der Waals surface area contributed by atoms with E-state index in [1.807, 2.05) is 0 Å². The van der Waals surface area contributed by atoms with Crippen molar-refractivity contribution in [1.82, 2.24) is 0 Å². The van der Waals surface area contributed by atoms with Crippen LogP contribution in [0.1, 0.15) is 32.1 Å². The lowest BCUT2D eigenvalue weighted by Gasteiger charge is -2.55. The molecule has 0 saturated heterocycles. The molecule has 3 aliphatic rings. The van der Waals surface area contributed by atoms with Crippen molar-refractivity contribution < 1.29 is 5.11 Å². The minimum absolute atomic E-state index is 0.229. The van der Waals surface area contributed by atoms with Crippen LogP contribution in [0.4, 0.5) is 0 Å². The zero-order chi connectivity index (χ0) is 6.54. The molecule has 0 aromatic heterocycles. The van der Waals surface area contributed by atoms with Crippen LogP contribution >= 0.6 is 12.6 Å². The van der Waals surface area contributed by atoms with E-state index in [4.69, 9.17) is 0 Å². The topological polar surface area (TPSA) is 20.2 Å². The molecule has 3 fully saturated rings. The summed E-state index contributed by atoms with van der Waals surface area (Å²) in [6, 6.07) is 0. The van der Waals surface area contributed by atoms with Gasteiger partial charge in [-0.05, 0) is 32.1 Å². The van der Waals surface area contributed by atoms with Crippen LogP contribution in [0.3, 0.4) is 0 Å². The number of aliphatic hydroxyl groups is 1. The lowest BCUT2D eigenvalue weighted by molar-refractivity contribution is -0.0918. The lowest BCUT2D eigenvalue weighted by atomic mass is 9.61. The molecule has 0 unspecified atom stereocenters. The van der Waals surface area contributed by atoms with Crippen molar-refractivity contribution in [1.29, 1.82) is 0 Å². The number of rotatable bonds is 0. The molecule has 3 rings (SSSR count). The second-order valence-electron chi connectivity index (χ2n) is 3.66. The van der Waals surface area contributed by atoms with Crippen LogP contribution in [0.15, 0.2) is 0 Å². The van der Waals surface area contributed by atoms with Crippen molar-refractivity contribution >= 4 is 12.6 Å². The Labute approximate surface area is 60.9 Å². The van der Waals surface area contributed by atoms with Gasteiger partial charge < -0.3 is 5.11 Å². The Bertz CT molecular complexity index is 124. The summed E-state index contributed by atoms with van der Waals surface area (Å²) in [5.74, 6) is 0. The number of fused-ring (bicyclic) bond motifs is 2. The van der Waals surface area contributed by atoms with Gasteiger partial charge in [-0.3, -0.25) is 0 Å². The van der Waals surface area contributed by atoms with Gasteiger partial charge >= 0.3 is 0 Å². The molecule has 3 saturated carbocycles. The Morgan fingerprint density at radius 3 is 2.22 bits per heavy atom. The third-order valence-electron chi connectivity index (χ3n) is 2.60. The van der Waals surface area contributed by atoms with Gasteiger partial charge in [-0.2, -0.15) is 12.6 Å². The van der Waals surface area contributed by atoms with Gasteiger partial charge in [-0.15, -0.1) is 0 Å². The summed E-state index contributed by atoms with van der Waals surface area (Å²) in [6.45, 7) is 0. The molecule has 1 N–H and O–H groups in total. The van der Waals surface area contributed by atoms with Crippen LogP contribution in [0, 0.1) is 0 Å². The summed E-state index contributed by atoms with van der Waals surface area (Å²) >= 11 is 4.48. The average molecular weight is 144 g/mol. The summed E-state index contributed by atoms with van der Waals surface area (Å²) in [5.41, 5.74) is -0.292. The molecule has 1 nitrogen and oxygen atoms in total. The second kappa shape index (κ2) is 1.48. The predicted octanol–water partition coefficient (Wildman–Crippen LogP) is 1.36. The summed E-state index contributed by atoms with van der Waals surface area (Å²) in [4.78, 5) is 0. The highest BCUT2D eigenvalue weighted by Crippen LogP contribution is 2.55. The molecule has 2 heteroatoms. The van der Waals surface area contributed by atoms with Crippen LogP contribution in [0.2, 0.25) is 0 Å². The first-order chi connectivity index (χ1) is 4.12. The van der Waals surface area contributed by atoms with Gasteiger partial charge in [0, 0.05) is 4.75 Å². The number of hydrogen-bond donors (Lipinski definition) is 2. The van der Waals surface area contributed by atoms with Crippen molar-refractivity contribution in [2.24, 2.45) is 0 Å². The van der Waals surface area contributed by atoms with Crippen molar-refractivity contribution in [3.05, 3.63) is 0 Å². The fraction of sp³-hybridized carbons (Fsp3) is 1.00. The summed E-state index contributed by atoms with van der Waals surface area (Å²) in [6.07, 6.45) is 5.25. The fourth-order valence-electron chi connectivity index (χ4n) is 2.27. The molecular weight excluding hydrogens is 132 g/mol. The van der Waals surface area contributed by atoms with Gasteiger partial charge in [0.2, 0.25) is 0 Å². The minimum Gasteiger partial charge on any atom is -0.390 e. The molecule has 0 atom stereocenters. The van der Waals surface area contributed by atoms with E-state index in [-0.39, 0.29) is 10.3 Å². The Morgan fingerprint density at radius 2 is 1.89 bits per heavy atom. The Kier molecular flexibility index (Phi) is 0.996. The highest BCUT2D eigenvalue weighted by atomic mass is 32.1. The third-order valence-corrected chi connectivity index (χ3v) is 3.14. The first-order valence-electron chi connectivity index (χ1n) is 3.57. The molecule has 0 aliphatic heterocycles. The van der Waals surface area contributed by atoms with Gasteiger partial charge in [-0.25, -0.2) is 0 Å². The van der Waals surface area contributed by atoms with Crippen molar-refractivity contribution in [3.63, 3.8) is 0 Å². The van der Waals surface area contributed by atoms with Gasteiger partial charge in [-0.1, -0.05) is 0 Å². The van der Waals surface area contributed by atoms with E-state index in [1.165, 1.54) is 12.8 Å². The molecule has 0 heterocycles. The van der Waals surface area contributed by atoms with E-state index in [1.54, 1.807) is 0 Å². The summed E-state index contributed by atoms with van der Waals surface area (Å²) < 4.78 is 0.229. The van der Waals surface area contributed by atoms with Crippen LogP contribution in [-0.2, 0) is 0 Å². The molecule has 9 heavy (non-hydrogen) atoms. The molecule has 0 aromatic rings. The van der Waals surface area contributed by atoms with Crippen LogP contribution < -0.4 is 0 Å². The van der Waals surface area contributed by atoms with Crippen molar-refractivity contribution in [3.8, 4) is 0 Å². The van der Waals surface area contributed by atoms with Gasteiger partial charge in [0.1, 0.15) is 0 Å². The summed E-state index contributed by atoms with van der Waals surface area (Å²) in [5, 5.41) is 9.56. The molecule has 0 aromatic carbocycles. The monoisotopic (exact) mass is 144 g/mol. The van der Waals surface area contributed by atoms with Gasteiger partial charge in [0.25, 0.3) is 0 Å². The normalized spacial score (nSPS) is 56.7. The minimum atomic E-state index is -0.292. The zero-order valence-corrected chi connectivity index (χ0v) is 6.32. The molecule has 0 spiro atoms. The molecule has 2 bridgehead atoms. The highest BCUT2D eigenvalue weighted by molar-refractivity contribution is 7.81. The van der Waals surface area contributed by atoms with E-state index in [2.05, 4.69) is 12.6 Å². The van der Waals surface area contributed by atoms with E-state index < -0.39 is 0 Å². The van der Waals surface area contributed by atoms with Gasteiger partial charge in [0.15, 0.2) is 0 Å². The Balaban J connectivity index is 2.12. The molecule has 0 radical (unpaired) electrons. The van der Waals surface area contributed by atoms with Gasteiger partial charge in [0.05, 0.1) is 5.60 Å². The standard InChI is InChI=1S/C7H12OS/c8-6-2-1-3-7(9,4-6)5-6/h8-9H,1-5H2. The molecular formula is C7H12OS. The van der Waals surface area contributed by atoms with E-state index in [9.17, 15) is 5.11 Å². The first-order valence-corrected chi connectivity index (χ1v) is 4.02. The first kappa shape index (κ1) is 6.05. The maximum Gasteiger partial charge on any atom is 0.0674 e. The smallest absolute Gasteiger partial charge is 0.0674 e. The molecule has 3 aliphatic carbocycles. The third kappa shape index (κ3) is 0.802. The lowest BCUT2D eigenvalue weighted by Crippen LogP contribution is -2.56. The van der Waals surface area contributed by atoms with Crippen LogP contribution in [-0.4, -0.2) is 15.5 Å². The average Bonchev–Trinajstić information content (AvgIpc) is 1.59. The van der Waals surface area contributed by atoms with Crippen molar-refractivity contribution in [2.75, 3.05) is 0 Å². The predicted molar refractivity (Wildman–Crippen MR) is 39.8 cm³/mol. The van der Waals surface area contributed by atoms with E-state index in [0.29, 0.717) is 0 Å². The van der Waals surface area contributed by atoms with Crippen LogP contribution in [0.25, 0.3) is 0 Å². The molecule has 0 amide bonds. The Morgan fingerprint density at radius 1 is 1.22 bits per heavy atom. The van der Waals surface area contributed by atoms with E-state index in [0.717, 1.165) is 19.3 Å². The second-order valence-corrected chi connectivity index (χ2v) is 4.60.